The van der Waals surface area contributed by atoms with Gasteiger partial charge in [0.2, 0.25) is 0 Å². The molecule has 0 aliphatic carbocycles. The van der Waals surface area contributed by atoms with Crippen molar-refractivity contribution in [2.45, 2.75) is 40.3 Å². The zero-order chi connectivity index (χ0) is 20.5. The SMILES string of the molecule is CC=O.CCOc1ccc(OCc2ccc3oc(C(C)NC)cc3c2C)cc1. The molecule has 0 bridgehead atoms. The van der Waals surface area contributed by atoms with E-state index in [-0.39, 0.29) is 6.04 Å². The maximum absolute atomic E-state index is 8.81. The molecule has 1 aromatic heterocycles. The van der Waals surface area contributed by atoms with Gasteiger partial charge in [0.1, 0.15) is 35.7 Å². The van der Waals surface area contributed by atoms with Crippen molar-refractivity contribution in [1.82, 2.24) is 5.32 Å². The zero-order valence-electron chi connectivity index (χ0n) is 17.2. The van der Waals surface area contributed by atoms with E-state index in [2.05, 4.69) is 31.3 Å². The summed E-state index contributed by atoms with van der Waals surface area (Å²) in [7, 11) is 1.93. The average molecular weight is 383 g/mol. The lowest BCUT2D eigenvalue weighted by Crippen LogP contribution is -2.10. The van der Waals surface area contributed by atoms with Crippen molar-refractivity contribution in [2.75, 3.05) is 13.7 Å². The van der Waals surface area contributed by atoms with Gasteiger partial charge in [-0.2, -0.15) is 0 Å². The first kappa shape index (κ1) is 21.5. The van der Waals surface area contributed by atoms with Crippen molar-refractivity contribution in [3.8, 4) is 11.5 Å². The van der Waals surface area contributed by atoms with Gasteiger partial charge in [-0.25, -0.2) is 0 Å². The van der Waals surface area contributed by atoms with Crippen LogP contribution in [0.2, 0.25) is 0 Å². The number of aldehydes is 1. The fraction of sp³-hybridized carbons (Fsp3) is 0.348. The Morgan fingerprint density at radius 3 is 2.29 bits per heavy atom. The summed E-state index contributed by atoms with van der Waals surface area (Å²) in [6.07, 6.45) is 0.750. The van der Waals surface area contributed by atoms with Gasteiger partial charge >= 0.3 is 0 Å². The van der Waals surface area contributed by atoms with Crippen molar-refractivity contribution in [2.24, 2.45) is 0 Å². The van der Waals surface area contributed by atoms with E-state index in [1.807, 2.05) is 44.3 Å². The van der Waals surface area contributed by atoms with Crippen LogP contribution < -0.4 is 14.8 Å². The number of benzene rings is 2. The molecule has 1 heterocycles. The van der Waals surface area contributed by atoms with Crippen molar-refractivity contribution in [1.29, 1.82) is 0 Å². The van der Waals surface area contributed by atoms with Crippen molar-refractivity contribution in [3.63, 3.8) is 0 Å². The van der Waals surface area contributed by atoms with E-state index in [0.717, 1.165) is 40.1 Å². The number of aryl methyl sites for hydroxylation is 1. The summed E-state index contributed by atoms with van der Waals surface area (Å²) < 4.78 is 17.3. The second-order valence-corrected chi connectivity index (χ2v) is 6.35. The van der Waals surface area contributed by atoms with Crippen LogP contribution in [0.15, 0.2) is 46.9 Å². The van der Waals surface area contributed by atoms with Crippen LogP contribution in [-0.2, 0) is 11.4 Å². The van der Waals surface area contributed by atoms with Gasteiger partial charge in [-0.05, 0) is 82.3 Å². The third kappa shape index (κ3) is 5.36. The lowest BCUT2D eigenvalue weighted by Gasteiger charge is -2.10. The van der Waals surface area contributed by atoms with Crippen LogP contribution in [-0.4, -0.2) is 19.9 Å². The number of nitrogens with one attached hydrogen (secondary N) is 1. The molecule has 5 nitrogen and oxygen atoms in total. The molecule has 28 heavy (non-hydrogen) atoms. The highest BCUT2D eigenvalue weighted by molar-refractivity contribution is 5.82. The first-order valence-corrected chi connectivity index (χ1v) is 9.48. The molecule has 0 aliphatic heterocycles. The number of carbonyl (C=O) groups is 1. The molecule has 0 amide bonds. The fourth-order valence-electron chi connectivity index (χ4n) is 2.79. The van der Waals surface area contributed by atoms with Crippen LogP contribution in [0.5, 0.6) is 11.5 Å². The van der Waals surface area contributed by atoms with E-state index in [1.54, 1.807) is 0 Å². The molecule has 0 saturated carbocycles. The minimum Gasteiger partial charge on any atom is -0.494 e. The summed E-state index contributed by atoms with van der Waals surface area (Å²) in [5, 5.41) is 4.35. The number of hydrogen-bond acceptors (Lipinski definition) is 5. The van der Waals surface area contributed by atoms with Crippen molar-refractivity contribution < 1.29 is 18.7 Å². The van der Waals surface area contributed by atoms with Gasteiger partial charge in [0.05, 0.1) is 12.6 Å². The highest BCUT2D eigenvalue weighted by Crippen LogP contribution is 2.29. The van der Waals surface area contributed by atoms with Crippen LogP contribution in [0.25, 0.3) is 11.0 Å². The smallest absolute Gasteiger partial charge is 0.134 e. The van der Waals surface area contributed by atoms with Crippen LogP contribution >= 0.6 is 0 Å². The van der Waals surface area contributed by atoms with Gasteiger partial charge in [0.25, 0.3) is 0 Å². The van der Waals surface area contributed by atoms with Crippen LogP contribution in [0, 0.1) is 6.92 Å². The summed E-state index contributed by atoms with van der Waals surface area (Å²) >= 11 is 0. The standard InChI is InChI=1S/C21H25NO3.C2H4O/c1-5-23-17-7-9-18(10-8-17)24-13-16-6-11-20-19(14(16)2)12-21(25-20)15(3)22-4;1-2-3/h6-12,15,22H,5,13H2,1-4H3;2H,1H3. The number of fused-ring (bicyclic) bond motifs is 1. The molecule has 3 aromatic rings. The molecule has 0 saturated heterocycles. The first-order chi connectivity index (χ1) is 13.5. The Morgan fingerprint density at radius 1 is 1.11 bits per heavy atom. The Bertz CT molecular complexity index is 884. The number of hydrogen-bond donors (Lipinski definition) is 1. The minimum absolute atomic E-state index is 0.190. The molecule has 5 heteroatoms. The van der Waals surface area contributed by atoms with E-state index < -0.39 is 0 Å². The van der Waals surface area contributed by atoms with Crippen LogP contribution in [0.1, 0.15) is 43.7 Å². The van der Waals surface area contributed by atoms with E-state index in [1.165, 1.54) is 12.5 Å². The largest absolute Gasteiger partial charge is 0.494 e. The topological polar surface area (TPSA) is 60.7 Å². The number of rotatable bonds is 7. The second-order valence-electron chi connectivity index (χ2n) is 6.35. The van der Waals surface area contributed by atoms with E-state index in [4.69, 9.17) is 18.7 Å². The third-order valence-electron chi connectivity index (χ3n) is 4.49. The normalized spacial score (nSPS) is 11.5. The van der Waals surface area contributed by atoms with Crippen LogP contribution in [0.3, 0.4) is 0 Å². The summed E-state index contributed by atoms with van der Waals surface area (Å²) in [4.78, 5) is 8.81. The summed E-state index contributed by atoms with van der Waals surface area (Å²) in [6, 6.07) is 14.1. The monoisotopic (exact) mass is 383 g/mol. The van der Waals surface area contributed by atoms with Crippen LogP contribution in [0.4, 0.5) is 0 Å². The molecular formula is C23H29NO4. The van der Waals surface area contributed by atoms with Gasteiger partial charge in [-0.1, -0.05) is 6.07 Å². The summed E-state index contributed by atoms with van der Waals surface area (Å²) in [5.41, 5.74) is 3.27. The molecule has 1 unspecified atom stereocenters. The molecule has 1 N–H and O–H groups in total. The molecule has 2 aromatic carbocycles. The Labute approximate surface area is 166 Å². The number of furan rings is 1. The molecule has 3 rings (SSSR count). The predicted molar refractivity (Wildman–Crippen MR) is 112 cm³/mol. The fourth-order valence-corrected chi connectivity index (χ4v) is 2.79. The Kier molecular flexibility index (Phi) is 8.08. The third-order valence-corrected chi connectivity index (χ3v) is 4.49. The molecule has 1 atom stereocenters. The van der Waals surface area contributed by atoms with Crippen molar-refractivity contribution in [3.05, 3.63) is 59.4 Å². The Balaban J connectivity index is 0.000000878. The van der Waals surface area contributed by atoms with E-state index in [0.29, 0.717) is 13.2 Å². The highest BCUT2D eigenvalue weighted by atomic mass is 16.5. The van der Waals surface area contributed by atoms with E-state index in [9.17, 15) is 0 Å². The quantitative estimate of drug-likeness (QED) is 0.568. The Hall–Kier alpha value is -2.79. The van der Waals surface area contributed by atoms with Gasteiger partial charge in [0, 0.05) is 5.39 Å². The molecule has 0 spiro atoms. The molecule has 0 aliphatic rings. The zero-order valence-corrected chi connectivity index (χ0v) is 17.2. The molecule has 0 radical (unpaired) electrons. The molecule has 0 fully saturated rings. The lowest BCUT2D eigenvalue weighted by molar-refractivity contribution is -0.106. The van der Waals surface area contributed by atoms with Gasteiger partial charge in [-0.3, -0.25) is 0 Å². The number of carbonyl (C=O) groups excluding carboxylic acids is 1. The predicted octanol–water partition coefficient (Wildman–Crippen LogP) is 5.20. The molecule has 150 valence electrons. The average Bonchev–Trinajstić information content (AvgIpc) is 3.14. The maximum Gasteiger partial charge on any atom is 0.134 e. The van der Waals surface area contributed by atoms with Crippen molar-refractivity contribution >= 4 is 17.3 Å². The highest BCUT2D eigenvalue weighted by Gasteiger charge is 2.13. The Morgan fingerprint density at radius 2 is 1.71 bits per heavy atom. The van der Waals surface area contributed by atoms with Gasteiger partial charge in [-0.15, -0.1) is 0 Å². The van der Waals surface area contributed by atoms with Gasteiger partial charge in [0.15, 0.2) is 0 Å². The number of ether oxygens (including phenoxy) is 2. The maximum atomic E-state index is 8.81. The minimum atomic E-state index is 0.190. The second kappa shape index (κ2) is 10.5. The first-order valence-electron chi connectivity index (χ1n) is 9.48. The summed E-state index contributed by atoms with van der Waals surface area (Å²) in [5.74, 6) is 2.64. The van der Waals surface area contributed by atoms with Gasteiger partial charge < -0.3 is 24.0 Å². The summed E-state index contributed by atoms with van der Waals surface area (Å²) in [6.45, 7) is 8.81. The lowest BCUT2D eigenvalue weighted by atomic mass is 10.0. The van der Waals surface area contributed by atoms with E-state index >= 15 is 0 Å². The molecular weight excluding hydrogens is 354 g/mol.